The second-order valence-corrected chi connectivity index (χ2v) is 3.79. The highest BCUT2D eigenvalue weighted by molar-refractivity contribution is 5.84. The summed E-state index contributed by atoms with van der Waals surface area (Å²) < 4.78 is 0. The molecule has 0 aliphatic rings. The number of nitrogens with zero attached hydrogens (tertiary/aromatic N) is 1. The summed E-state index contributed by atoms with van der Waals surface area (Å²) >= 11 is 0. The lowest BCUT2D eigenvalue weighted by Gasteiger charge is -2.16. The van der Waals surface area contributed by atoms with Gasteiger partial charge in [0.15, 0.2) is 0 Å². The fourth-order valence-corrected chi connectivity index (χ4v) is 1.59. The highest BCUT2D eigenvalue weighted by Crippen LogP contribution is 2.26. The van der Waals surface area contributed by atoms with Gasteiger partial charge in [0.25, 0.3) is 5.69 Å². The summed E-state index contributed by atoms with van der Waals surface area (Å²) in [7, 11) is 0. The van der Waals surface area contributed by atoms with E-state index in [9.17, 15) is 19.7 Å². The number of hydrogen-bond donors (Lipinski definition) is 2. The lowest BCUT2D eigenvalue weighted by molar-refractivity contribution is -0.384. The molecule has 0 aliphatic heterocycles. The minimum atomic E-state index is -1.28. The zero-order valence-corrected chi connectivity index (χ0v) is 9.44. The Morgan fingerprint density at radius 2 is 1.67 bits per heavy atom. The quantitative estimate of drug-likeness (QED) is 0.606. The molecule has 7 heteroatoms. The Balaban J connectivity index is 3.11. The van der Waals surface area contributed by atoms with E-state index in [1.807, 2.05) is 0 Å². The fourth-order valence-electron chi connectivity index (χ4n) is 1.59. The summed E-state index contributed by atoms with van der Waals surface area (Å²) in [5, 5.41) is 28.3. The zero-order valence-electron chi connectivity index (χ0n) is 9.44. The number of carboxylic acids is 2. The van der Waals surface area contributed by atoms with Crippen molar-refractivity contribution in [2.24, 2.45) is 5.92 Å². The van der Waals surface area contributed by atoms with Crippen LogP contribution in [0.15, 0.2) is 24.3 Å². The third-order valence-corrected chi connectivity index (χ3v) is 2.62. The van der Waals surface area contributed by atoms with Crippen molar-refractivity contribution < 1.29 is 24.7 Å². The van der Waals surface area contributed by atoms with Crippen molar-refractivity contribution >= 4 is 17.6 Å². The van der Waals surface area contributed by atoms with Crippen LogP contribution < -0.4 is 0 Å². The second-order valence-electron chi connectivity index (χ2n) is 3.79. The average Bonchev–Trinajstić information content (AvgIpc) is 2.29. The molecule has 0 heterocycles. The molecular formula is C11H11NO6. The van der Waals surface area contributed by atoms with Gasteiger partial charge in [-0.2, -0.15) is 0 Å². The number of non-ortho nitro benzene ring substituents is 1. The van der Waals surface area contributed by atoms with Crippen LogP contribution >= 0.6 is 0 Å². The maximum Gasteiger partial charge on any atom is 0.311 e. The standard InChI is InChI=1S/C11H11NO6/c1-6(10(13)14)9(11(15)16)7-2-4-8(5-3-7)12(17)18/h2-6,9H,1H3,(H,13,14)(H,15,16). The van der Waals surface area contributed by atoms with Gasteiger partial charge in [-0.15, -0.1) is 0 Å². The fraction of sp³-hybridized carbons (Fsp3) is 0.273. The summed E-state index contributed by atoms with van der Waals surface area (Å²) in [6, 6.07) is 4.83. The largest absolute Gasteiger partial charge is 0.481 e. The number of aliphatic carboxylic acids is 2. The molecule has 2 unspecified atom stereocenters. The van der Waals surface area contributed by atoms with E-state index in [2.05, 4.69) is 0 Å². The van der Waals surface area contributed by atoms with Crippen LogP contribution in [0.25, 0.3) is 0 Å². The SMILES string of the molecule is CC(C(=O)O)C(C(=O)O)c1ccc([N+](=O)[O-])cc1. The van der Waals surface area contributed by atoms with Crippen LogP contribution in [0.2, 0.25) is 0 Å². The molecule has 7 nitrogen and oxygen atoms in total. The van der Waals surface area contributed by atoms with E-state index in [0.717, 1.165) is 12.1 Å². The first-order valence-corrected chi connectivity index (χ1v) is 5.04. The summed E-state index contributed by atoms with van der Waals surface area (Å²) in [6.45, 7) is 1.28. The third kappa shape index (κ3) is 2.82. The Labute approximate surface area is 102 Å². The molecule has 0 radical (unpaired) electrons. The molecule has 1 aromatic carbocycles. The highest BCUT2D eigenvalue weighted by Gasteiger charge is 2.31. The van der Waals surface area contributed by atoms with Gasteiger partial charge in [-0.3, -0.25) is 19.7 Å². The van der Waals surface area contributed by atoms with Crippen LogP contribution in [-0.2, 0) is 9.59 Å². The van der Waals surface area contributed by atoms with Crippen LogP contribution in [0, 0.1) is 16.0 Å². The number of rotatable bonds is 5. The first kappa shape index (κ1) is 13.6. The predicted octanol–water partition coefficient (Wildman–Crippen LogP) is 1.48. The van der Waals surface area contributed by atoms with E-state index in [4.69, 9.17) is 10.2 Å². The molecule has 1 aromatic rings. The molecule has 0 fully saturated rings. The maximum atomic E-state index is 11.1. The van der Waals surface area contributed by atoms with Crippen LogP contribution in [0.3, 0.4) is 0 Å². The first-order valence-electron chi connectivity index (χ1n) is 5.04. The lowest BCUT2D eigenvalue weighted by atomic mass is 9.87. The number of nitro benzene ring substituents is 1. The molecule has 0 saturated heterocycles. The summed E-state index contributed by atoms with van der Waals surface area (Å²) in [5.41, 5.74) is 0.0499. The first-order chi connectivity index (χ1) is 8.34. The van der Waals surface area contributed by atoms with E-state index >= 15 is 0 Å². The van der Waals surface area contributed by atoms with Crippen molar-refractivity contribution in [2.75, 3.05) is 0 Å². The molecule has 0 aliphatic carbocycles. The van der Waals surface area contributed by atoms with E-state index in [-0.39, 0.29) is 11.3 Å². The number of hydrogen-bond acceptors (Lipinski definition) is 4. The van der Waals surface area contributed by atoms with Gasteiger partial charge in [-0.25, -0.2) is 0 Å². The molecule has 2 N–H and O–H groups in total. The van der Waals surface area contributed by atoms with Gasteiger partial charge in [0.1, 0.15) is 0 Å². The Morgan fingerprint density at radius 3 is 2.00 bits per heavy atom. The average molecular weight is 253 g/mol. The molecule has 0 aromatic heterocycles. The van der Waals surface area contributed by atoms with Crippen LogP contribution in [0.5, 0.6) is 0 Å². The molecule has 1 rings (SSSR count). The number of carbonyl (C=O) groups is 2. The Bertz CT molecular complexity index is 481. The summed E-state index contributed by atoms with van der Waals surface area (Å²) in [4.78, 5) is 31.7. The maximum absolute atomic E-state index is 11.1. The van der Waals surface area contributed by atoms with E-state index in [0.29, 0.717) is 0 Å². The number of carboxylic acid groups (broad SMARTS) is 2. The smallest absolute Gasteiger partial charge is 0.311 e. The van der Waals surface area contributed by atoms with Crippen molar-refractivity contribution in [3.05, 3.63) is 39.9 Å². The van der Waals surface area contributed by atoms with E-state index in [1.54, 1.807) is 0 Å². The minimum absolute atomic E-state index is 0.175. The molecule has 0 spiro atoms. The van der Waals surface area contributed by atoms with Crippen LogP contribution in [0.1, 0.15) is 18.4 Å². The van der Waals surface area contributed by atoms with Gasteiger partial charge in [0, 0.05) is 12.1 Å². The highest BCUT2D eigenvalue weighted by atomic mass is 16.6. The molecule has 18 heavy (non-hydrogen) atoms. The summed E-state index contributed by atoms with van der Waals surface area (Å²) in [6.07, 6.45) is 0. The van der Waals surface area contributed by atoms with Gasteiger partial charge < -0.3 is 10.2 Å². The zero-order chi connectivity index (χ0) is 13.9. The molecule has 0 bridgehead atoms. The number of benzene rings is 1. The van der Waals surface area contributed by atoms with Crippen molar-refractivity contribution in [3.63, 3.8) is 0 Å². The predicted molar refractivity (Wildman–Crippen MR) is 60.3 cm³/mol. The van der Waals surface area contributed by atoms with E-state index in [1.165, 1.54) is 19.1 Å². The van der Waals surface area contributed by atoms with Gasteiger partial charge in [-0.05, 0) is 5.56 Å². The van der Waals surface area contributed by atoms with Gasteiger partial charge in [-0.1, -0.05) is 19.1 Å². The van der Waals surface area contributed by atoms with Crippen molar-refractivity contribution in [2.45, 2.75) is 12.8 Å². The Kier molecular flexibility index (Phi) is 3.98. The van der Waals surface area contributed by atoms with E-state index < -0.39 is 28.7 Å². The van der Waals surface area contributed by atoms with Gasteiger partial charge >= 0.3 is 11.9 Å². The normalized spacial score (nSPS) is 13.6. The Hall–Kier alpha value is -2.44. The van der Waals surface area contributed by atoms with Crippen molar-refractivity contribution in [1.29, 1.82) is 0 Å². The molecular weight excluding hydrogens is 242 g/mol. The minimum Gasteiger partial charge on any atom is -0.481 e. The van der Waals surface area contributed by atoms with Crippen LogP contribution in [0.4, 0.5) is 5.69 Å². The Morgan fingerprint density at radius 1 is 1.17 bits per heavy atom. The van der Waals surface area contributed by atoms with Gasteiger partial charge in [0.2, 0.25) is 0 Å². The van der Waals surface area contributed by atoms with Crippen molar-refractivity contribution in [1.82, 2.24) is 0 Å². The molecule has 0 amide bonds. The topological polar surface area (TPSA) is 118 Å². The molecule has 96 valence electrons. The monoisotopic (exact) mass is 253 g/mol. The third-order valence-electron chi connectivity index (χ3n) is 2.62. The second kappa shape index (κ2) is 5.26. The number of nitro groups is 1. The van der Waals surface area contributed by atoms with Crippen molar-refractivity contribution in [3.8, 4) is 0 Å². The van der Waals surface area contributed by atoms with Gasteiger partial charge in [0.05, 0.1) is 16.8 Å². The summed E-state index contributed by atoms with van der Waals surface area (Å²) in [5.74, 6) is -4.87. The van der Waals surface area contributed by atoms with Crippen LogP contribution in [-0.4, -0.2) is 27.1 Å². The molecule has 0 saturated carbocycles. The lowest BCUT2D eigenvalue weighted by Crippen LogP contribution is -2.25. The molecule has 2 atom stereocenters.